The summed E-state index contributed by atoms with van der Waals surface area (Å²) in [5.41, 5.74) is 0.558. The summed E-state index contributed by atoms with van der Waals surface area (Å²) >= 11 is 6.94. The molecule has 7 nitrogen and oxygen atoms in total. The minimum absolute atomic E-state index is 0.149. The van der Waals surface area contributed by atoms with E-state index in [1.165, 1.54) is 6.92 Å². The second-order valence-electron chi connectivity index (χ2n) is 6.24. The van der Waals surface area contributed by atoms with E-state index in [-0.39, 0.29) is 10.8 Å². The Morgan fingerprint density at radius 1 is 1.13 bits per heavy atom. The minimum atomic E-state index is -3.99. The van der Waals surface area contributed by atoms with E-state index in [9.17, 15) is 22.0 Å². The van der Waals surface area contributed by atoms with E-state index in [0.717, 1.165) is 35.3 Å². The number of nitrogens with zero attached hydrogens (tertiary/aromatic N) is 3. The Morgan fingerprint density at radius 3 is 2.40 bits per heavy atom. The number of hydrogen-bond donors (Lipinski definition) is 1. The van der Waals surface area contributed by atoms with Crippen LogP contribution in [-0.4, -0.2) is 36.8 Å². The molecule has 0 aliphatic rings. The van der Waals surface area contributed by atoms with Crippen LogP contribution >= 0.6 is 22.9 Å². The maximum Gasteiger partial charge on any atom is 0.249 e. The standard InChI is InChI=1S/C18H15ClF2N4O3S2/c1-10(25(30(2,27)28)13-7-8-14(20)15(21)9-13)16(26)22-18-24-23-17(29-18)11-3-5-12(19)6-4-11/h3-10H,1-2H3,(H,22,24,26)/t10-/m0/s1. The van der Waals surface area contributed by atoms with Gasteiger partial charge in [0.2, 0.25) is 21.1 Å². The second-order valence-corrected chi connectivity index (χ2v) is 9.52. The SMILES string of the molecule is C[C@@H](C(=O)Nc1nnc(-c2ccc(Cl)cc2)s1)N(c1ccc(F)c(F)c1)S(C)(=O)=O. The van der Waals surface area contributed by atoms with Gasteiger partial charge in [-0.3, -0.25) is 14.4 Å². The van der Waals surface area contributed by atoms with Crippen LogP contribution in [0, 0.1) is 11.6 Å². The monoisotopic (exact) mass is 472 g/mol. The van der Waals surface area contributed by atoms with E-state index < -0.39 is 33.6 Å². The van der Waals surface area contributed by atoms with Crippen molar-refractivity contribution < 1.29 is 22.0 Å². The Hall–Kier alpha value is -2.63. The number of aromatic nitrogens is 2. The summed E-state index contributed by atoms with van der Waals surface area (Å²) in [5, 5.41) is 11.6. The molecule has 3 aromatic rings. The molecule has 0 saturated carbocycles. The molecule has 1 heterocycles. The number of carbonyl (C=O) groups excluding carboxylic acids is 1. The molecule has 30 heavy (non-hydrogen) atoms. The van der Waals surface area contributed by atoms with Crippen LogP contribution < -0.4 is 9.62 Å². The van der Waals surface area contributed by atoms with E-state index in [4.69, 9.17) is 11.6 Å². The van der Waals surface area contributed by atoms with Crippen LogP contribution in [0.5, 0.6) is 0 Å². The van der Waals surface area contributed by atoms with E-state index in [0.29, 0.717) is 20.4 Å². The predicted molar refractivity (Wildman–Crippen MR) is 112 cm³/mol. The molecule has 1 atom stereocenters. The van der Waals surface area contributed by atoms with Gasteiger partial charge in [0.1, 0.15) is 11.0 Å². The van der Waals surface area contributed by atoms with Gasteiger partial charge in [-0.05, 0) is 31.2 Å². The molecule has 0 bridgehead atoms. The van der Waals surface area contributed by atoms with Crippen molar-refractivity contribution in [1.82, 2.24) is 10.2 Å². The molecular weight excluding hydrogens is 458 g/mol. The van der Waals surface area contributed by atoms with Crippen LogP contribution in [0.15, 0.2) is 42.5 Å². The van der Waals surface area contributed by atoms with Gasteiger partial charge in [0.15, 0.2) is 11.6 Å². The molecule has 0 aliphatic carbocycles. The van der Waals surface area contributed by atoms with Crippen LogP contribution in [0.1, 0.15) is 6.92 Å². The molecule has 1 N–H and O–H groups in total. The van der Waals surface area contributed by atoms with Gasteiger partial charge in [-0.15, -0.1) is 10.2 Å². The van der Waals surface area contributed by atoms with E-state index in [2.05, 4.69) is 15.5 Å². The summed E-state index contributed by atoms with van der Waals surface area (Å²) in [6.07, 6.45) is 0.863. The summed E-state index contributed by atoms with van der Waals surface area (Å²) in [7, 11) is -3.99. The topological polar surface area (TPSA) is 92.3 Å². The lowest BCUT2D eigenvalue weighted by atomic mass is 10.2. The highest BCUT2D eigenvalue weighted by Crippen LogP contribution is 2.28. The number of anilines is 2. The first kappa shape index (κ1) is 22.1. The van der Waals surface area contributed by atoms with Crippen LogP contribution in [0.25, 0.3) is 10.6 Å². The molecule has 1 amide bonds. The molecule has 0 fully saturated rings. The molecule has 0 saturated heterocycles. The van der Waals surface area contributed by atoms with Crippen LogP contribution in [0.3, 0.4) is 0 Å². The third-order valence-electron chi connectivity index (χ3n) is 3.99. The Kier molecular flexibility index (Phi) is 6.34. The number of nitrogens with one attached hydrogen (secondary N) is 1. The van der Waals surface area contributed by atoms with Crippen molar-refractivity contribution in [3.8, 4) is 10.6 Å². The lowest BCUT2D eigenvalue weighted by molar-refractivity contribution is -0.116. The van der Waals surface area contributed by atoms with Gasteiger partial charge in [-0.1, -0.05) is 35.1 Å². The molecule has 0 spiro atoms. The van der Waals surface area contributed by atoms with Crippen LogP contribution in [0.2, 0.25) is 5.02 Å². The van der Waals surface area contributed by atoms with Gasteiger partial charge in [-0.2, -0.15) is 0 Å². The van der Waals surface area contributed by atoms with Gasteiger partial charge in [0.05, 0.1) is 11.9 Å². The molecule has 3 rings (SSSR count). The molecule has 12 heteroatoms. The average Bonchev–Trinajstić information content (AvgIpc) is 3.12. The Bertz CT molecular complexity index is 1190. The molecule has 1 aromatic heterocycles. The quantitative estimate of drug-likeness (QED) is 0.586. The Balaban J connectivity index is 1.82. The first-order chi connectivity index (χ1) is 14.1. The Labute approximate surface area is 180 Å². The Morgan fingerprint density at radius 2 is 1.80 bits per heavy atom. The smallest absolute Gasteiger partial charge is 0.249 e. The number of amides is 1. The number of carbonyl (C=O) groups is 1. The molecule has 0 unspecified atom stereocenters. The highest BCUT2D eigenvalue weighted by atomic mass is 35.5. The number of sulfonamides is 1. The molecule has 158 valence electrons. The summed E-state index contributed by atoms with van der Waals surface area (Å²) in [6.45, 7) is 1.32. The maximum atomic E-state index is 13.6. The van der Waals surface area contributed by atoms with Crippen molar-refractivity contribution in [1.29, 1.82) is 0 Å². The zero-order valence-electron chi connectivity index (χ0n) is 15.6. The van der Waals surface area contributed by atoms with Crippen molar-refractivity contribution in [2.45, 2.75) is 13.0 Å². The number of rotatable bonds is 6. The fourth-order valence-corrected chi connectivity index (χ4v) is 4.67. The largest absolute Gasteiger partial charge is 0.299 e. The third kappa shape index (κ3) is 4.91. The van der Waals surface area contributed by atoms with Crippen molar-refractivity contribution in [2.24, 2.45) is 0 Å². The van der Waals surface area contributed by atoms with Gasteiger partial charge < -0.3 is 0 Å². The van der Waals surface area contributed by atoms with E-state index in [1.807, 2.05) is 0 Å². The van der Waals surface area contributed by atoms with Crippen molar-refractivity contribution in [3.63, 3.8) is 0 Å². The van der Waals surface area contributed by atoms with Gasteiger partial charge in [0, 0.05) is 16.7 Å². The summed E-state index contributed by atoms with van der Waals surface area (Å²) in [6, 6.07) is 8.16. The predicted octanol–water partition coefficient (Wildman–Crippen LogP) is 3.93. The van der Waals surface area contributed by atoms with Gasteiger partial charge in [0.25, 0.3) is 0 Å². The summed E-state index contributed by atoms with van der Waals surface area (Å²) in [5.74, 6) is -3.08. The first-order valence-electron chi connectivity index (χ1n) is 8.41. The van der Waals surface area contributed by atoms with Crippen molar-refractivity contribution in [2.75, 3.05) is 15.9 Å². The normalized spacial score (nSPS) is 12.4. The maximum absolute atomic E-state index is 13.6. The lowest BCUT2D eigenvalue weighted by Crippen LogP contribution is -2.45. The minimum Gasteiger partial charge on any atom is -0.299 e. The third-order valence-corrected chi connectivity index (χ3v) is 6.37. The molecular formula is C18H15ClF2N4O3S2. The van der Waals surface area contributed by atoms with E-state index in [1.54, 1.807) is 24.3 Å². The van der Waals surface area contributed by atoms with Crippen LogP contribution in [0.4, 0.5) is 19.6 Å². The van der Waals surface area contributed by atoms with Crippen molar-refractivity contribution >= 4 is 49.7 Å². The molecule has 2 aromatic carbocycles. The fourth-order valence-electron chi connectivity index (χ4n) is 2.62. The zero-order valence-corrected chi connectivity index (χ0v) is 18.0. The van der Waals surface area contributed by atoms with Gasteiger partial charge >= 0.3 is 0 Å². The zero-order chi connectivity index (χ0) is 22.1. The second kappa shape index (κ2) is 8.62. The number of benzene rings is 2. The highest BCUT2D eigenvalue weighted by Gasteiger charge is 2.30. The summed E-state index contributed by atoms with van der Waals surface area (Å²) in [4.78, 5) is 12.7. The van der Waals surface area contributed by atoms with E-state index >= 15 is 0 Å². The average molecular weight is 473 g/mol. The lowest BCUT2D eigenvalue weighted by Gasteiger charge is -2.27. The molecule has 0 radical (unpaired) electrons. The van der Waals surface area contributed by atoms with Crippen LogP contribution in [-0.2, 0) is 14.8 Å². The highest BCUT2D eigenvalue weighted by molar-refractivity contribution is 7.92. The molecule has 0 aliphatic heterocycles. The summed E-state index contributed by atoms with van der Waals surface area (Å²) < 4.78 is 52.0. The van der Waals surface area contributed by atoms with Gasteiger partial charge in [-0.25, -0.2) is 17.2 Å². The number of hydrogen-bond acceptors (Lipinski definition) is 6. The first-order valence-corrected chi connectivity index (χ1v) is 11.5. The fraction of sp³-hybridized carbons (Fsp3) is 0.167. The van der Waals surface area contributed by atoms with Crippen molar-refractivity contribution in [3.05, 3.63) is 59.1 Å². The number of halogens is 3.